The van der Waals surface area contributed by atoms with Crippen molar-refractivity contribution < 1.29 is 4.42 Å². The van der Waals surface area contributed by atoms with Gasteiger partial charge in [-0.05, 0) is 24.1 Å². The molecule has 0 spiro atoms. The maximum Gasteiger partial charge on any atom is 0.336 e. The zero-order valence-corrected chi connectivity index (χ0v) is 14.0. The van der Waals surface area contributed by atoms with E-state index >= 15 is 0 Å². The van der Waals surface area contributed by atoms with Gasteiger partial charge in [0.1, 0.15) is 16.9 Å². The molecule has 0 atom stereocenters. The van der Waals surface area contributed by atoms with Crippen molar-refractivity contribution in [2.24, 2.45) is 7.05 Å². The number of thioether (sulfide) groups is 1. The number of aryl methyl sites for hydroxylation is 2. The number of fused-ring (bicyclic) bond motifs is 2. The SMILES string of the molecule is Cc1ccc2c(CSc3ncnc4c3cnn4C)cc(=O)oc2c1. The molecule has 0 saturated heterocycles. The van der Waals surface area contributed by atoms with Crippen molar-refractivity contribution in [2.75, 3.05) is 0 Å². The van der Waals surface area contributed by atoms with E-state index < -0.39 is 0 Å². The third-order valence-electron chi connectivity index (χ3n) is 3.84. The van der Waals surface area contributed by atoms with Crippen LogP contribution in [-0.4, -0.2) is 19.7 Å². The Balaban J connectivity index is 1.73. The molecular formula is C17H14N4O2S. The summed E-state index contributed by atoms with van der Waals surface area (Å²) in [7, 11) is 1.85. The van der Waals surface area contributed by atoms with Gasteiger partial charge in [0.15, 0.2) is 5.65 Å². The molecule has 120 valence electrons. The largest absolute Gasteiger partial charge is 0.423 e. The van der Waals surface area contributed by atoms with E-state index in [4.69, 9.17) is 4.42 Å². The number of benzene rings is 1. The maximum atomic E-state index is 11.8. The van der Waals surface area contributed by atoms with E-state index in [0.29, 0.717) is 11.3 Å². The predicted molar refractivity (Wildman–Crippen MR) is 93.1 cm³/mol. The first-order valence-corrected chi connectivity index (χ1v) is 8.39. The highest BCUT2D eigenvalue weighted by Crippen LogP contribution is 2.29. The molecule has 0 bridgehead atoms. The average Bonchev–Trinajstić information content (AvgIpc) is 2.94. The van der Waals surface area contributed by atoms with Gasteiger partial charge in [0.2, 0.25) is 0 Å². The van der Waals surface area contributed by atoms with Crippen LogP contribution in [0.15, 0.2) is 51.0 Å². The minimum atomic E-state index is -0.335. The van der Waals surface area contributed by atoms with Crippen molar-refractivity contribution in [3.05, 3.63) is 58.3 Å². The van der Waals surface area contributed by atoms with E-state index in [0.717, 1.165) is 32.6 Å². The zero-order chi connectivity index (χ0) is 16.7. The molecule has 0 unspecified atom stereocenters. The number of hydrogen-bond donors (Lipinski definition) is 0. The van der Waals surface area contributed by atoms with Gasteiger partial charge in [-0.15, -0.1) is 11.8 Å². The van der Waals surface area contributed by atoms with E-state index in [1.54, 1.807) is 28.7 Å². The Bertz CT molecular complexity index is 1120. The Morgan fingerprint density at radius 1 is 1.21 bits per heavy atom. The lowest BCUT2D eigenvalue weighted by atomic mass is 10.1. The van der Waals surface area contributed by atoms with Crippen LogP contribution in [-0.2, 0) is 12.8 Å². The fourth-order valence-electron chi connectivity index (χ4n) is 2.66. The Hall–Kier alpha value is -2.67. The number of nitrogens with zero attached hydrogens (tertiary/aromatic N) is 4. The minimum absolute atomic E-state index is 0.335. The molecule has 0 saturated carbocycles. The van der Waals surface area contributed by atoms with Crippen molar-refractivity contribution in [2.45, 2.75) is 17.7 Å². The molecule has 7 heteroatoms. The van der Waals surface area contributed by atoms with Crippen molar-refractivity contribution in [1.82, 2.24) is 19.7 Å². The normalized spacial score (nSPS) is 11.4. The molecule has 0 aliphatic heterocycles. The van der Waals surface area contributed by atoms with Crippen molar-refractivity contribution in [3.63, 3.8) is 0 Å². The topological polar surface area (TPSA) is 73.8 Å². The molecule has 24 heavy (non-hydrogen) atoms. The van der Waals surface area contributed by atoms with Gasteiger partial charge >= 0.3 is 5.63 Å². The number of rotatable bonds is 3. The fourth-order valence-corrected chi connectivity index (χ4v) is 3.61. The third-order valence-corrected chi connectivity index (χ3v) is 4.90. The zero-order valence-electron chi connectivity index (χ0n) is 13.2. The van der Waals surface area contributed by atoms with Gasteiger partial charge in [0.25, 0.3) is 0 Å². The van der Waals surface area contributed by atoms with E-state index in [1.807, 2.05) is 32.2 Å². The van der Waals surface area contributed by atoms with Crippen LogP contribution < -0.4 is 5.63 Å². The van der Waals surface area contributed by atoms with Crippen LogP contribution in [0.25, 0.3) is 22.0 Å². The molecule has 0 amide bonds. The lowest BCUT2D eigenvalue weighted by Gasteiger charge is -2.06. The summed E-state index contributed by atoms with van der Waals surface area (Å²) in [5.41, 5.74) is 3.07. The lowest BCUT2D eigenvalue weighted by molar-refractivity contribution is 0.559. The Morgan fingerprint density at radius 3 is 2.96 bits per heavy atom. The van der Waals surface area contributed by atoms with Crippen molar-refractivity contribution in [1.29, 1.82) is 0 Å². The Kier molecular flexibility index (Phi) is 3.57. The predicted octanol–water partition coefficient (Wildman–Crippen LogP) is 3.07. The quantitative estimate of drug-likeness (QED) is 0.325. The second-order valence-electron chi connectivity index (χ2n) is 5.56. The highest BCUT2D eigenvalue weighted by molar-refractivity contribution is 7.98. The van der Waals surface area contributed by atoms with E-state index in [-0.39, 0.29) is 5.63 Å². The number of hydrogen-bond acceptors (Lipinski definition) is 6. The summed E-state index contributed by atoms with van der Waals surface area (Å²) in [5, 5.41) is 6.93. The summed E-state index contributed by atoms with van der Waals surface area (Å²) < 4.78 is 7.02. The molecular weight excluding hydrogens is 324 g/mol. The van der Waals surface area contributed by atoms with Gasteiger partial charge in [-0.25, -0.2) is 14.8 Å². The average molecular weight is 338 g/mol. The first-order chi connectivity index (χ1) is 11.6. The molecule has 4 aromatic rings. The Labute approximate surface area is 141 Å². The van der Waals surface area contributed by atoms with E-state index in [2.05, 4.69) is 15.1 Å². The summed E-state index contributed by atoms with van der Waals surface area (Å²) in [4.78, 5) is 20.4. The third kappa shape index (κ3) is 2.56. The molecule has 1 aromatic carbocycles. The fraction of sp³-hybridized carbons (Fsp3) is 0.176. The van der Waals surface area contributed by atoms with Gasteiger partial charge < -0.3 is 4.42 Å². The molecule has 3 aromatic heterocycles. The van der Waals surface area contributed by atoms with Crippen molar-refractivity contribution in [3.8, 4) is 0 Å². The lowest BCUT2D eigenvalue weighted by Crippen LogP contribution is -2.00. The summed E-state index contributed by atoms with van der Waals surface area (Å²) >= 11 is 1.56. The van der Waals surface area contributed by atoms with Crippen LogP contribution >= 0.6 is 11.8 Å². The summed E-state index contributed by atoms with van der Waals surface area (Å²) in [6.07, 6.45) is 3.30. The van der Waals surface area contributed by atoms with Crippen LogP contribution in [0, 0.1) is 6.92 Å². The highest BCUT2D eigenvalue weighted by atomic mass is 32.2. The van der Waals surface area contributed by atoms with Gasteiger partial charge in [-0.2, -0.15) is 5.10 Å². The second kappa shape index (κ2) is 5.76. The van der Waals surface area contributed by atoms with E-state index in [9.17, 15) is 4.79 Å². The number of aromatic nitrogens is 4. The van der Waals surface area contributed by atoms with Crippen LogP contribution in [0.3, 0.4) is 0 Å². The van der Waals surface area contributed by atoms with Crippen LogP contribution in [0.2, 0.25) is 0 Å². The smallest absolute Gasteiger partial charge is 0.336 e. The molecule has 0 aliphatic carbocycles. The van der Waals surface area contributed by atoms with Crippen LogP contribution in [0.5, 0.6) is 0 Å². The molecule has 0 N–H and O–H groups in total. The van der Waals surface area contributed by atoms with Crippen molar-refractivity contribution >= 4 is 33.8 Å². The van der Waals surface area contributed by atoms with Crippen LogP contribution in [0.4, 0.5) is 0 Å². The first kappa shape index (κ1) is 14.9. The monoisotopic (exact) mass is 338 g/mol. The van der Waals surface area contributed by atoms with Gasteiger partial charge in [-0.1, -0.05) is 12.1 Å². The second-order valence-corrected chi connectivity index (χ2v) is 6.53. The summed E-state index contributed by atoms with van der Waals surface area (Å²) in [6.45, 7) is 1.97. The Morgan fingerprint density at radius 2 is 2.08 bits per heavy atom. The van der Waals surface area contributed by atoms with Gasteiger partial charge in [0, 0.05) is 24.3 Å². The molecule has 0 radical (unpaired) electrons. The van der Waals surface area contributed by atoms with Crippen LogP contribution in [0.1, 0.15) is 11.1 Å². The van der Waals surface area contributed by atoms with Gasteiger partial charge in [-0.3, -0.25) is 4.68 Å². The maximum absolute atomic E-state index is 11.8. The highest BCUT2D eigenvalue weighted by Gasteiger charge is 2.11. The van der Waals surface area contributed by atoms with E-state index in [1.165, 1.54) is 6.33 Å². The summed E-state index contributed by atoms with van der Waals surface area (Å²) in [6, 6.07) is 7.44. The molecule has 3 heterocycles. The minimum Gasteiger partial charge on any atom is -0.423 e. The van der Waals surface area contributed by atoms with Gasteiger partial charge in [0.05, 0.1) is 11.6 Å². The molecule has 0 fully saturated rings. The summed E-state index contributed by atoms with van der Waals surface area (Å²) in [5.74, 6) is 0.617. The molecule has 4 rings (SSSR count). The standard InChI is InChI=1S/C17H14N4O2S/c1-10-3-4-12-11(6-15(22)23-14(12)5-10)8-24-17-13-7-20-21(2)16(13)18-9-19-17/h3-7,9H,8H2,1-2H3. The molecule has 6 nitrogen and oxygen atoms in total. The molecule has 0 aliphatic rings. The first-order valence-electron chi connectivity index (χ1n) is 7.41.